The first-order valence-electron chi connectivity index (χ1n) is 5.49. The molecule has 0 bridgehead atoms. The van der Waals surface area contributed by atoms with Crippen LogP contribution in [0.25, 0.3) is 0 Å². The summed E-state index contributed by atoms with van der Waals surface area (Å²) in [5.41, 5.74) is 0. The van der Waals surface area contributed by atoms with E-state index in [9.17, 15) is 0 Å². The highest BCUT2D eigenvalue weighted by atomic mass is 15.4. The maximum absolute atomic E-state index is 4.26. The van der Waals surface area contributed by atoms with Crippen LogP contribution in [-0.2, 0) is 13.1 Å². The summed E-state index contributed by atoms with van der Waals surface area (Å²) in [6, 6.07) is 0. The van der Waals surface area contributed by atoms with Crippen LogP contribution < -0.4 is 5.32 Å². The summed E-state index contributed by atoms with van der Waals surface area (Å²) >= 11 is 0. The Hall–Kier alpha value is -1.85. The van der Waals surface area contributed by atoms with Gasteiger partial charge in [0, 0.05) is 31.7 Å². The molecular weight excluding hydrogens is 204 g/mol. The van der Waals surface area contributed by atoms with E-state index in [0.717, 1.165) is 32.0 Å². The number of aryl methyl sites for hydroxylation is 1. The monoisotopic (exact) mass is 220 g/mol. The van der Waals surface area contributed by atoms with Gasteiger partial charge in [-0.15, -0.1) is 5.10 Å². The van der Waals surface area contributed by atoms with Crippen LogP contribution in [0.1, 0.15) is 13.3 Å². The summed E-state index contributed by atoms with van der Waals surface area (Å²) in [7, 11) is 0. The molecule has 0 fully saturated rings. The van der Waals surface area contributed by atoms with Crippen molar-refractivity contribution in [1.82, 2.24) is 24.5 Å². The predicted octanol–water partition coefficient (Wildman–Crippen LogP) is 0.997. The first kappa shape index (κ1) is 10.7. The van der Waals surface area contributed by atoms with Crippen molar-refractivity contribution >= 4 is 5.95 Å². The van der Waals surface area contributed by atoms with Crippen LogP contribution in [0.15, 0.2) is 24.8 Å². The molecule has 2 aromatic rings. The van der Waals surface area contributed by atoms with E-state index in [4.69, 9.17) is 0 Å². The van der Waals surface area contributed by atoms with Crippen LogP contribution >= 0.6 is 0 Å². The van der Waals surface area contributed by atoms with Crippen molar-refractivity contribution in [3.05, 3.63) is 24.8 Å². The van der Waals surface area contributed by atoms with Gasteiger partial charge in [-0.2, -0.15) is 0 Å². The SMILES string of the molecule is CCCn1ccnc1NCCn1ccnn1. The molecule has 0 aliphatic carbocycles. The van der Waals surface area contributed by atoms with Crippen LogP contribution in [-0.4, -0.2) is 31.1 Å². The Labute approximate surface area is 94.3 Å². The minimum Gasteiger partial charge on any atom is -0.354 e. The number of nitrogens with zero attached hydrogens (tertiary/aromatic N) is 5. The Morgan fingerprint density at radius 1 is 1.25 bits per heavy atom. The minimum atomic E-state index is 0.791. The van der Waals surface area contributed by atoms with Crippen molar-refractivity contribution in [3.8, 4) is 0 Å². The molecule has 0 unspecified atom stereocenters. The fourth-order valence-corrected chi connectivity index (χ4v) is 1.53. The minimum absolute atomic E-state index is 0.791. The van der Waals surface area contributed by atoms with E-state index < -0.39 is 0 Å². The average molecular weight is 220 g/mol. The molecule has 0 spiro atoms. The number of hydrogen-bond donors (Lipinski definition) is 1. The molecule has 0 atom stereocenters. The zero-order valence-corrected chi connectivity index (χ0v) is 9.37. The number of imidazole rings is 1. The van der Waals surface area contributed by atoms with Gasteiger partial charge in [0.1, 0.15) is 0 Å². The maximum Gasteiger partial charge on any atom is 0.202 e. The lowest BCUT2D eigenvalue weighted by atomic mass is 10.5. The van der Waals surface area contributed by atoms with Gasteiger partial charge >= 0.3 is 0 Å². The molecule has 6 heteroatoms. The lowest BCUT2D eigenvalue weighted by Gasteiger charge is -2.08. The zero-order valence-electron chi connectivity index (χ0n) is 9.37. The summed E-state index contributed by atoms with van der Waals surface area (Å²) in [5, 5.41) is 10.9. The summed E-state index contributed by atoms with van der Waals surface area (Å²) in [6.07, 6.45) is 8.43. The Morgan fingerprint density at radius 3 is 2.94 bits per heavy atom. The fraction of sp³-hybridized carbons (Fsp3) is 0.500. The van der Waals surface area contributed by atoms with Crippen LogP contribution in [0.3, 0.4) is 0 Å². The molecule has 0 amide bonds. The van der Waals surface area contributed by atoms with Crippen LogP contribution in [0.5, 0.6) is 0 Å². The lowest BCUT2D eigenvalue weighted by Crippen LogP contribution is -2.14. The number of anilines is 1. The topological polar surface area (TPSA) is 60.6 Å². The molecular formula is C10H16N6. The van der Waals surface area contributed by atoms with E-state index in [1.807, 2.05) is 18.6 Å². The third-order valence-electron chi connectivity index (χ3n) is 2.28. The van der Waals surface area contributed by atoms with Gasteiger partial charge in [-0.1, -0.05) is 12.1 Å². The van der Waals surface area contributed by atoms with Crippen molar-refractivity contribution in [2.75, 3.05) is 11.9 Å². The summed E-state index contributed by atoms with van der Waals surface area (Å²) in [6.45, 7) is 4.73. The molecule has 2 aromatic heterocycles. The molecule has 0 saturated heterocycles. The van der Waals surface area contributed by atoms with E-state index in [1.54, 1.807) is 10.9 Å². The lowest BCUT2D eigenvalue weighted by molar-refractivity contribution is 0.603. The summed E-state index contributed by atoms with van der Waals surface area (Å²) < 4.78 is 3.90. The molecule has 0 radical (unpaired) electrons. The molecule has 86 valence electrons. The quantitative estimate of drug-likeness (QED) is 0.789. The number of hydrogen-bond acceptors (Lipinski definition) is 4. The molecule has 2 rings (SSSR count). The number of aromatic nitrogens is 5. The molecule has 16 heavy (non-hydrogen) atoms. The normalized spacial score (nSPS) is 10.6. The largest absolute Gasteiger partial charge is 0.354 e. The van der Waals surface area contributed by atoms with Crippen molar-refractivity contribution < 1.29 is 0 Å². The molecule has 0 aliphatic rings. The van der Waals surface area contributed by atoms with Gasteiger partial charge in [0.25, 0.3) is 0 Å². The summed E-state index contributed by atoms with van der Waals surface area (Å²) in [4.78, 5) is 4.26. The highest BCUT2D eigenvalue weighted by Gasteiger charge is 2.00. The van der Waals surface area contributed by atoms with Crippen LogP contribution in [0.2, 0.25) is 0 Å². The van der Waals surface area contributed by atoms with E-state index in [-0.39, 0.29) is 0 Å². The van der Waals surface area contributed by atoms with Crippen molar-refractivity contribution in [2.45, 2.75) is 26.4 Å². The van der Waals surface area contributed by atoms with Gasteiger partial charge in [0.15, 0.2) is 0 Å². The molecule has 0 aromatic carbocycles. The van der Waals surface area contributed by atoms with E-state index >= 15 is 0 Å². The van der Waals surface area contributed by atoms with Crippen molar-refractivity contribution in [1.29, 1.82) is 0 Å². The number of nitrogens with one attached hydrogen (secondary N) is 1. The second kappa shape index (κ2) is 5.29. The fourth-order valence-electron chi connectivity index (χ4n) is 1.53. The number of rotatable bonds is 6. The molecule has 6 nitrogen and oxygen atoms in total. The predicted molar refractivity (Wildman–Crippen MR) is 61.0 cm³/mol. The van der Waals surface area contributed by atoms with Crippen LogP contribution in [0.4, 0.5) is 5.95 Å². The second-order valence-electron chi connectivity index (χ2n) is 3.54. The van der Waals surface area contributed by atoms with E-state index in [0.29, 0.717) is 0 Å². The first-order valence-corrected chi connectivity index (χ1v) is 5.49. The average Bonchev–Trinajstić information content (AvgIpc) is 2.91. The van der Waals surface area contributed by atoms with Gasteiger partial charge in [-0.25, -0.2) is 4.98 Å². The Morgan fingerprint density at radius 2 is 2.19 bits per heavy atom. The second-order valence-corrected chi connectivity index (χ2v) is 3.54. The van der Waals surface area contributed by atoms with E-state index in [1.165, 1.54) is 0 Å². The molecule has 2 heterocycles. The maximum atomic E-state index is 4.26. The van der Waals surface area contributed by atoms with Gasteiger partial charge in [-0.05, 0) is 6.42 Å². The Balaban J connectivity index is 1.82. The highest BCUT2D eigenvalue weighted by molar-refractivity contribution is 5.25. The summed E-state index contributed by atoms with van der Waals surface area (Å²) in [5.74, 6) is 0.918. The van der Waals surface area contributed by atoms with Crippen molar-refractivity contribution in [2.24, 2.45) is 0 Å². The molecule has 0 aliphatic heterocycles. The van der Waals surface area contributed by atoms with Crippen molar-refractivity contribution in [3.63, 3.8) is 0 Å². The third-order valence-corrected chi connectivity index (χ3v) is 2.28. The first-order chi connectivity index (χ1) is 7.90. The Kier molecular flexibility index (Phi) is 3.53. The molecule has 0 saturated carbocycles. The molecule has 1 N–H and O–H groups in total. The van der Waals surface area contributed by atoms with Gasteiger partial charge in [0.05, 0.1) is 12.7 Å². The van der Waals surface area contributed by atoms with Crippen LogP contribution in [0, 0.1) is 0 Å². The van der Waals surface area contributed by atoms with Gasteiger partial charge in [-0.3, -0.25) is 4.68 Å². The van der Waals surface area contributed by atoms with E-state index in [2.05, 4.69) is 32.1 Å². The highest BCUT2D eigenvalue weighted by Crippen LogP contribution is 2.04. The third kappa shape index (κ3) is 2.59. The van der Waals surface area contributed by atoms with Gasteiger partial charge in [0.2, 0.25) is 5.95 Å². The smallest absolute Gasteiger partial charge is 0.202 e. The standard InChI is InChI=1S/C10H16N6/c1-2-6-15-7-3-11-10(15)12-4-8-16-9-5-13-14-16/h3,5,7,9H,2,4,6,8H2,1H3,(H,11,12). The van der Waals surface area contributed by atoms with Gasteiger partial charge < -0.3 is 9.88 Å². The Bertz CT molecular complexity index is 405. The zero-order chi connectivity index (χ0) is 11.2.